The van der Waals surface area contributed by atoms with Gasteiger partial charge in [0.1, 0.15) is 0 Å². The van der Waals surface area contributed by atoms with Crippen LogP contribution >= 0.6 is 0 Å². The van der Waals surface area contributed by atoms with Crippen LogP contribution in [0.5, 0.6) is 0 Å². The molecule has 0 aliphatic carbocycles. The van der Waals surface area contributed by atoms with E-state index in [9.17, 15) is 9.59 Å². The smallest absolute Gasteiger partial charge is 0.338 e. The monoisotopic (exact) mass is 396 g/mol. The first-order valence-corrected chi connectivity index (χ1v) is 10.4. The van der Waals surface area contributed by atoms with Crippen LogP contribution in [0.2, 0.25) is 0 Å². The van der Waals surface area contributed by atoms with E-state index in [0.717, 1.165) is 36.4 Å². The second-order valence-electron chi connectivity index (χ2n) is 7.15. The maximum absolute atomic E-state index is 12.6. The van der Waals surface area contributed by atoms with Crippen LogP contribution in [0.3, 0.4) is 0 Å². The van der Waals surface area contributed by atoms with Crippen molar-refractivity contribution in [1.29, 1.82) is 0 Å². The molecule has 0 saturated carbocycles. The fourth-order valence-corrected chi connectivity index (χ4v) is 3.17. The molecule has 2 atom stereocenters. The number of nitrogens with one attached hydrogen (secondary N) is 1. The van der Waals surface area contributed by atoms with E-state index in [1.807, 2.05) is 36.4 Å². The zero-order chi connectivity index (χ0) is 21.4. The number of anilines is 2. The molecule has 0 unspecified atom stereocenters. The van der Waals surface area contributed by atoms with Crippen molar-refractivity contribution in [1.82, 2.24) is 0 Å². The molecule has 2 aromatic rings. The summed E-state index contributed by atoms with van der Waals surface area (Å²) >= 11 is 0. The molecule has 0 aliphatic heterocycles. The zero-order valence-electron chi connectivity index (χ0n) is 18.1. The number of benzene rings is 2. The number of hydrogen-bond donors (Lipinski definition) is 1. The van der Waals surface area contributed by atoms with Crippen LogP contribution in [0.15, 0.2) is 48.5 Å². The Bertz CT molecular complexity index is 813. The molecule has 156 valence electrons. The standard InChI is InChI=1S/C24H32N2O3/c1-6-17(4)21-11-9-10-12-22(21)25-23(27)18(5)29-24(28)19-13-15-20(16-14-19)26(7-2)8-3/h9-18H,6-8H2,1-5H3,(H,25,27)/t17-,18+/m0/s1. The molecule has 0 aliphatic rings. The molecule has 0 radical (unpaired) electrons. The number of amides is 1. The summed E-state index contributed by atoms with van der Waals surface area (Å²) < 4.78 is 5.39. The van der Waals surface area contributed by atoms with Crippen LogP contribution in [-0.4, -0.2) is 31.1 Å². The fraction of sp³-hybridized carbons (Fsp3) is 0.417. The highest BCUT2D eigenvalue weighted by Gasteiger charge is 2.20. The topological polar surface area (TPSA) is 58.6 Å². The Morgan fingerprint density at radius 3 is 2.17 bits per heavy atom. The Morgan fingerprint density at radius 2 is 1.59 bits per heavy atom. The molecule has 1 N–H and O–H groups in total. The van der Waals surface area contributed by atoms with Gasteiger partial charge in [-0.15, -0.1) is 0 Å². The summed E-state index contributed by atoms with van der Waals surface area (Å²) in [6, 6.07) is 15.0. The minimum absolute atomic E-state index is 0.327. The number of esters is 1. The number of ether oxygens (including phenoxy) is 1. The van der Waals surface area contributed by atoms with Crippen molar-refractivity contribution in [3.05, 3.63) is 59.7 Å². The fourth-order valence-electron chi connectivity index (χ4n) is 3.17. The number of rotatable bonds is 9. The summed E-state index contributed by atoms with van der Waals surface area (Å²) in [7, 11) is 0. The molecule has 0 fully saturated rings. The van der Waals surface area contributed by atoms with Crippen molar-refractivity contribution in [2.75, 3.05) is 23.3 Å². The van der Waals surface area contributed by atoms with Crippen molar-refractivity contribution >= 4 is 23.3 Å². The number of carbonyl (C=O) groups is 2. The maximum Gasteiger partial charge on any atom is 0.338 e. The molecule has 29 heavy (non-hydrogen) atoms. The highest BCUT2D eigenvalue weighted by molar-refractivity contribution is 5.97. The van der Waals surface area contributed by atoms with E-state index < -0.39 is 12.1 Å². The Labute approximate surface area is 174 Å². The summed E-state index contributed by atoms with van der Waals surface area (Å²) in [6.45, 7) is 11.8. The molecular weight excluding hydrogens is 364 g/mol. The molecule has 0 spiro atoms. The lowest BCUT2D eigenvalue weighted by Gasteiger charge is -2.21. The Kier molecular flexibility index (Phi) is 8.25. The summed E-state index contributed by atoms with van der Waals surface area (Å²) in [5.74, 6) is -0.517. The SMILES string of the molecule is CC[C@H](C)c1ccccc1NC(=O)[C@@H](C)OC(=O)c1ccc(N(CC)CC)cc1. The van der Waals surface area contributed by atoms with E-state index in [2.05, 4.69) is 37.9 Å². The average molecular weight is 397 g/mol. The van der Waals surface area contributed by atoms with Crippen LogP contribution in [0.1, 0.15) is 62.9 Å². The van der Waals surface area contributed by atoms with Gasteiger partial charge in [0.25, 0.3) is 5.91 Å². The van der Waals surface area contributed by atoms with Gasteiger partial charge in [0.15, 0.2) is 6.10 Å². The van der Waals surface area contributed by atoms with Gasteiger partial charge in [-0.05, 0) is 69.0 Å². The van der Waals surface area contributed by atoms with Gasteiger partial charge in [-0.2, -0.15) is 0 Å². The molecular formula is C24H32N2O3. The molecule has 2 aromatic carbocycles. The highest BCUT2D eigenvalue weighted by Crippen LogP contribution is 2.26. The molecule has 0 saturated heterocycles. The Morgan fingerprint density at radius 1 is 0.966 bits per heavy atom. The van der Waals surface area contributed by atoms with Gasteiger partial charge in [-0.1, -0.05) is 32.0 Å². The maximum atomic E-state index is 12.6. The van der Waals surface area contributed by atoms with E-state index in [4.69, 9.17) is 4.74 Å². The van der Waals surface area contributed by atoms with E-state index in [-0.39, 0.29) is 5.91 Å². The molecule has 0 aromatic heterocycles. The summed E-state index contributed by atoms with van der Waals surface area (Å²) in [6.07, 6.45) is 0.0796. The van der Waals surface area contributed by atoms with Crippen molar-refractivity contribution in [2.24, 2.45) is 0 Å². The highest BCUT2D eigenvalue weighted by atomic mass is 16.5. The van der Waals surface area contributed by atoms with Crippen molar-refractivity contribution in [2.45, 2.75) is 53.1 Å². The Hall–Kier alpha value is -2.82. The van der Waals surface area contributed by atoms with E-state index >= 15 is 0 Å². The third kappa shape index (κ3) is 5.83. The number of para-hydroxylation sites is 1. The first kappa shape index (κ1) is 22.5. The molecule has 0 bridgehead atoms. The van der Waals surface area contributed by atoms with Gasteiger partial charge in [0.2, 0.25) is 0 Å². The number of carbonyl (C=O) groups excluding carboxylic acids is 2. The van der Waals surface area contributed by atoms with E-state index in [1.54, 1.807) is 19.1 Å². The lowest BCUT2D eigenvalue weighted by molar-refractivity contribution is -0.123. The summed E-state index contributed by atoms with van der Waals surface area (Å²) in [4.78, 5) is 27.2. The largest absolute Gasteiger partial charge is 0.449 e. The van der Waals surface area contributed by atoms with Crippen LogP contribution in [0.4, 0.5) is 11.4 Å². The first-order valence-electron chi connectivity index (χ1n) is 10.4. The van der Waals surface area contributed by atoms with Crippen LogP contribution in [0, 0.1) is 0 Å². The van der Waals surface area contributed by atoms with Gasteiger partial charge in [0.05, 0.1) is 5.56 Å². The molecule has 2 rings (SSSR count). The first-order chi connectivity index (χ1) is 13.9. The normalized spacial score (nSPS) is 12.7. The minimum atomic E-state index is -0.894. The van der Waals surface area contributed by atoms with Gasteiger partial charge < -0.3 is 15.0 Å². The van der Waals surface area contributed by atoms with Crippen LogP contribution in [-0.2, 0) is 9.53 Å². The predicted molar refractivity (Wildman–Crippen MR) is 119 cm³/mol. The summed E-state index contributed by atoms with van der Waals surface area (Å²) in [5.41, 5.74) is 3.33. The van der Waals surface area contributed by atoms with Crippen molar-refractivity contribution in [3.8, 4) is 0 Å². The number of nitrogens with zero attached hydrogens (tertiary/aromatic N) is 1. The molecule has 5 heteroatoms. The summed E-state index contributed by atoms with van der Waals surface area (Å²) in [5, 5.41) is 2.90. The molecule has 1 amide bonds. The van der Waals surface area contributed by atoms with Crippen molar-refractivity contribution in [3.63, 3.8) is 0 Å². The van der Waals surface area contributed by atoms with E-state index in [0.29, 0.717) is 11.5 Å². The van der Waals surface area contributed by atoms with Crippen LogP contribution < -0.4 is 10.2 Å². The minimum Gasteiger partial charge on any atom is -0.449 e. The van der Waals surface area contributed by atoms with Gasteiger partial charge in [0, 0.05) is 24.5 Å². The van der Waals surface area contributed by atoms with Gasteiger partial charge >= 0.3 is 5.97 Å². The third-order valence-electron chi connectivity index (χ3n) is 5.25. The third-order valence-corrected chi connectivity index (χ3v) is 5.25. The Balaban J connectivity index is 2.02. The second kappa shape index (κ2) is 10.6. The molecule has 5 nitrogen and oxygen atoms in total. The number of hydrogen-bond acceptors (Lipinski definition) is 4. The quantitative estimate of drug-likeness (QED) is 0.590. The van der Waals surface area contributed by atoms with Crippen molar-refractivity contribution < 1.29 is 14.3 Å². The van der Waals surface area contributed by atoms with Gasteiger partial charge in [-0.25, -0.2) is 4.79 Å². The average Bonchev–Trinajstić information content (AvgIpc) is 2.74. The van der Waals surface area contributed by atoms with Gasteiger partial charge in [-0.3, -0.25) is 4.79 Å². The predicted octanol–water partition coefficient (Wildman–Crippen LogP) is 5.23. The lowest BCUT2D eigenvalue weighted by atomic mass is 9.97. The second-order valence-corrected chi connectivity index (χ2v) is 7.15. The zero-order valence-corrected chi connectivity index (χ0v) is 18.1. The lowest BCUT2D eigenvalue weighted by Crippen LogP contribution is -2.30. The van der Waals surface area contributed by atoms with E-state index in [1.165, 1.54) is 0 Å². The van der Waals surface area contributed by atoms with Crippen LogP contribution in [0.25, 0.3) is 0 Å². The molecule has 0 heterocycles.